The number of amides is 1. The van der Waals surface area contributed by atoms with Gasteiger partial charge in [0, 0.05) is 12.1 Å². The lowest BCUT2D eigenvalue weighted by atomic mass is 10.1. The van der Waals surface area contributed by atoms with Crippen LogP contribution in [0.1, 0.15) is 29.1 Å². The second kappa shape index (κ2) is 4.11. The van der Waals surface area contributed by atoms with Gasteiger partial charge in [-0.15, -0.1) is 11.3 Å². The van der Waals surface area contributed by atoms with E-state index in [0.717, 1.165) is 10.4 Å². The highest BCUT2D eigenvalue weighted by molar-refractivity contribution is 7.12. The number of hydrogen-bond donors (Lipinski definition) is 2. The molecular weight excluding hydrogens is 196 g/mol. The molecule has 1 amide bonds. The second-order valence-electron chi connectivity index (χ2n) is 4.10. The van der Waals surface area contributed by atoms with Crippen molar-refractivity contribution in [2.24, 2.45) is 5.73 Å². The van der Waals surface area contributed by atoms with Gasteiger partial charge < -0.3 is 11.1 Å². The predicted octanol–water partition coefficient (Wildman–Crippen LogP) is 1.52. The molecule has 0 aliphatic rings. The number of carbonyl (C=O) groups is 1. The van der Waals surface area contributed by atoms with E-state index in [1.807, 2.05) is 32.2 Å². The van der Waals surface area contributed by atoms with Crippen LogP contribution < -0.4 is 11.1 Å². The van der Waals surface area contributed by atoms with Gasteiger partial charge in [-0.1, -0.05) is 0 Å². The van der Waals surface area contributed by atoms with Crippen molar-refractivity contribution in [3.8, 4) is 0 Å². The van der Waals surface area contributed by atoms with Gasteiger partial charge in [-0.25, -0.2) is 0 Å². The van der Waals surface area contributed by atoms with Gasteiger partial charge in [0.1, 0.15) is 0 Å². The molecule has 0 aliphatic carbocycles. The van der Waals surface area contributed by atoms with E-state index in [9.17, 15) is 4.79 Å². The van der Waals surface area contributed by atoms with Gasteiger partial charge in [-0.2, -0.15) is 0 Å². The van der Waals surface area contributed by atoms with Gasteiger partial charge in [-0.05, 0) is 37.8 Å². The Balaban J connectivity index is 2.56. The number of rotatable bonds is 3. The lowest BCUT2D eigenvalue weighted by Gasteiger charge is -2.18. The lowest BCUT2D eigenvalue weighted by Crippen LogP contribution is -2.45. The average Bonchev–Trinajstić information content (AvgIpc) is 2.46. The Bertz CT molecular complexity index is 325. The van der Waals surface area contributed by atoms with Crippen LogP contribution in [0, 0.1) is 6.92 Å². The van der Waals surface area contributed by atoms with Crippen LogP contribution in [0.15, 0.2) is 11.4 Å². The molecule has 14 heavy (non-hydrogen) atoms. The summed E-state index contributed by atoms with van der Waals surface area (Å²) in [6.07, 6.45) is 0. The van der Waals surface area contributed by atoms with Crippen molar-refractivity contribution < 1.29 is 4.79 Å². The summed E-state index contributed by atoms with van der Waals surface area (Å²) in [5.74, 6) is -0.0315. The quantitative estimate of drug-likeness (QED) is 0.798. The molecule has 0 bridgehead atoms. The fourth-order valence-electron chi connectivity index (χ4n) is 0.994. The molecule has 0 aliphatic heterocycles. The average molecular weight is 212 g/mol. The molecule has 0 saturated carbocycles. The molecule has 1 heterocycles. The van der Waals surface area contributed by atoms with E-state index in [2.05, 4.69) is 5.32 Å². The Morgan fingerprint density at radius 1 is 1.64 bits per heavy atom. The van der Waals surface area contributed by atoms with Crippen molar-refractivity contribution in [2.75, 3.05) is 6.54 Å². The van der Waals surface area contributed by atoms with E-state index >= 15 is 0 Å². The van der Waals surface area contributed by atoms with E-state index in [0.29, 0.717) is 6.54 Å². The molecule has 0 atom stereocenters. The van der Waals surface area contributed by atoms with E-state index < -0.39 is 0 Å². The summed E-state index contributed by atoms with van der Waals surface area (Å²) >= 11 is 1.46. The summed E-state index contributed by atoms with van der Waals surface area (Å²) in [5, 5.41) is 4.73. The summed E-state index contributed by atoms with van der Waals surface area (Å²) in [6, 6.07) is 1.94. The van der Waals surface area contributed by atoms with Crippen molar-refractivity contribution in [3.05, 3.63) is 21.9 Å². The van der Waals surface area contributed by atoms with Crippen molar-refractivity contribution in [3.63, 3.8) is 0 Å². The lowest BCUT2D eigenvalue weighted by molar-refractivity contribution is 0.0949. The molecule has 0 fully saturated rings. The van der Waals surface area contributed by atoms with Crippen LogP contribution in [0.5, 0.6) is 0 Å². The number of hydrogen-bond acceptors (Lipinski definition) is 3. The van der Waals surface area contributed by atoms with Gasteiger partial charge in [0.2, 0.25) is 0 Å². The summed E-state index contributed by atoms with van der Waals surface area (Å²) in [5.41, 5.74) is 6.42. The Labute approximate surface area is 88.3 Å². The molecule has 0 radical (unpaired) electrons. The normalized spacial score (nSPS) is 11.4. The molecule has 0 aromatic carbocycles. The molecule has 78 valence electrons. The molecule has 3 nitrogen and oxygen atoms in total. The maximum atomic E-state index is 11.6. The molecule has 4 heteroatoms. The topological polar surface area (TPSA) is 55.1 Å². The molecule has 1 aromatic heterocycles. The van der Waals surface area contributed by atoms with Gasteiger partial charge in [0.25, 0.3) is 5.91 Å². The standard InChI is InChI=1S/C10H16N2OS/c1-7-4-5-14-8(7)9(13)12-6-10(2,3)11/h4-5H,6,11H2,1-3H3,(H,12,13). The minimum atomic E-state index is -0.360. The zero-order chi connectivity index (χ0) is 10.8. The van der Waals surface area contributed by atoms with Crippen molar-refractivity contribution in [2.45, 2.75) is 26.3 Å². The number of thiophene rings is 1. The van der Waals surface area contributed by atoms with Crippen LogP contribution in [0.3, 0.4) is 0 Å². The first-order valence-electron chi connectivity index (χ1n) is 4.51. The highest BCUT2D eigenvalue weighted by atomic mass is 32.1. The minimum absolute atomic E-state index is 0.0315. The molecular formula is C10H16N2OS. The first-order valence-corrected chi connectivity index (χ1v) is 5.39. The molecule has 0 unspecified atom stereocenters. The third-order valence-corrected chi connectivity index (χ3v) is 2.79. The van der Waals surface area contributed by atoms with Gasteiger partial charge >= 0.3 is 0 Å². The third-order valence-electron chi connectivity index (χ3n) is 1.77. The fourth-order valence-corrected chi connectivity index (χ4v) is 1.84. The maximum Gasteiger partial charge on any atom is 0.261 e. The summed E-state index contributed by atoms with van der Waals surface area (Å²) < 4.78 is 0. The Kier molecular flexibility index (Phi) is 3.29. The van der Waals surface area contributed by atoms with E-state index in [-0.39, 0.29) is 11.4 Å². The van der Waals surface area contributed by atoms with E-state index in [4.69, 9.17) is 5.73 Å². The summed E-state index contributed by atoms with van der Waals surface area (Å²) in [6.45, 7) is 6.19. The smallest absolute Gasteiger partial charge is 0.261 e. The molecule has 1 aromatic rings. The molecule has 3 N–H and O–H groups in total. The van der Waals surface area contributed by atoms with E-state index in [1.54, 1.807) is 0 Å². The van der Waals surface area contributed by atoms with Crippen LogP contribution in [0.25, 0.3) is 0 Å². The Morgan fingerprint density at radius 3 is 2.71 bits per heavy atom. The predicted molar refractivity (Wildman–Crippen MR) is 59.7 cm³/mol. The maximum absolute atomic E-state index is 11.6. The van der Waals surface area contributed by atoms with Crippen LogP contribution in [0.2, 0.25) is 0 Å². The van der Waals surface area contributed by atoms with Crippen molar-refractivity contribution in [1.29, 1.82) is 0 Å². The minimum Gasteiger partial charge on any atom is -0.350 e. The molecule has 0 saturated heterocycles. The zero-order valence-corrected chi connectivity index (χ0v) is 9.57. The highest BCUT2D eigenvalue weighted by Gasteiger charge is 2.15. The molecule has 0 spiro atoms. The first kappa shape index (κ1) is 11.2. The van der Waals surface area contributed by atoms with E-state index in [1.165, 1.54) is 11.3 Å². The Morgan fingerprint density at radius 2 is 2.29 bits per heavy atom. The van der Waals surface area contributed by atoms with Gasteiger partial charge in [0.15, 0.2) is 0 Å². The summed E-state index contributed by atoms with van der Waals surface area (Å²) in [4.78, 5) is 12.4. The van der Waals surface area contributed by atoms with Crippen LogP contribution in [-0.2, 0) is 0 Å². The van der Waals surface area contributed by atoms with Crippen molar-refractivity contribution in [1.82, 2.24) is 5.32 Å². The van der Waals surface area contributed by atoms with Crippen LogP contribution in [-0.4, -0.2) is 18.0 Å². The summed E-state index contributed by atoms with van der Waals surface area (Å²) in [7, 11) is 0. The number of carbonyl (C=O) groups excluding carboxylic acids is 1. The van der Waals surface area contributed by atoms with Gasteiger partial charge in [-0.3, -0.25) is 4.79 Å². The SMILES string of the molecule is Cc1ccsc1C(=O)NCC(C)(C)N. The van der Waals surface area contributed by atoms with Crippen LogP contribution >= 0.6 is 11.3 Å². The monoisotopic (exact) mass is 212 g/mol. The number of nitrogens with one attached hydrogen (secondary N) is 1. The largest absolute Gasteiger partial charge is 0.350 e. The zero-order valence-electron chi connectivity index (χ0n) is 8.76. The van der Waals surface area contributed by atoms with Gasteiger partial charge in [0.05, 0.1) is 4.88 Å². The number of aryl methyl sites for hydroxylation is 1. The number of nitrogens with two attached hydrogens (primary N) is 1. The Hall–Kier alpha value is -0.870. The highest BCUT2D eigenvalue weighted by Crippen LogP contribution is 2.15. The first-order chi connectivity index (χ1) is 6.40. The van der Waals surface area contributed by atoms with Crippen molar-refractivity contribution >= 4 is 17.2 Å². The molecule has 1 rings (SSSR count). The van der Waals surface area contributed by atoms with Crippen LogP contribution in [0.4, 0.5) is 0 Å². The second-order valence-corrected chi connectivity index (χ2v) is 5.02. The third kappa shape index (κ3) is 3.12. The fraction of sp³-hybridized carbons (Fsp3) is 0.500.